The van der Waals surface area contributed by atoms with Crippen LogP contribution in [0.1, 0.15) is 23.6 Å². The minimum atomic E-state index is -0.745. The van der Waals surface area contributed by atoms with Crippen molar-refractivity contribution in [3.05, 3.63) is 64.1 Å². The zero-order valence-corrected chi connectivity index (χ0v) is 17.9. The van der Waals surface area contributed by atoms with Crippen LogP contribution in [0.3, 0.4) is 0 Å². The average molecular weight is 449 g/mol. The molecule has 0 spiro atoms. The molecular weight excluding hydrogens is 426 g/mol. The van der Waals surface area contributed by atoms with Crippen LogP contribution in [0.25, 0.3) is 10.9 Å². The monoisotopic (exact) mass is 449 g/mol. The topological polar surface area (TPSA) is 120 Å². The van der Waals surface area contributed by atoms with Crippen molar-refractivity contribution in [1.29, 1.82) is 0 Å². The molecule has 1 unspecified atom stereocenters. The number of fused-ring (bicyclic) bond motifs is 2. The molecule has 170 valence electrons. The summed E-state index contributed by atoms with van der Waals surface area (Å²) in [4.78, 5) is 34.6. The van der Waals surface area contributed by atoms with Gasteiger partial charge in [0.05, 0.1) is 36.0 Å². The van der Waals surface area contributed by atoms with Crippen molar-refractivity contribution in [3.8, 4) is 5.75 Å². The van der Waals surface area contributed by atoms with E-state index in [4.69, 9.17) is 9.47 Å². The second kappa shape index (κ2) is 9.08. The lowest BCUT2D eigenvalue weighted by Gasteiger charge is -2.26. The zero-order valence-electron chi connectivity index (χ0n) is 17.9. The number of carbonyl (C=O) groups excluding carboxylic acids is 1. The molecule has 1 saturated heterocycles. The molecule has 5 rings (SSSR count). The number of nitrogens with one attached hydrogen (secondary N) is 1. The van der Waals surface area contributed by atoms with Gasteiger partial charge in [0.2, 0.25) is 5.91 Å². The van der Waals surface area contributed by atoms with E-state index in [0.717, 1.165) is 39.3 Å². The van der Waals surface area contributed by atoms with Crippen LogP contribution in [0.4, 0.5) is 11.4 Å². The summed E-state index contributed by atoms with van der Waals surface area (Å²) in [5, 5.41) is 14.7. The van der Waals surface area contributed by atoms with Crippen molar-refractivity contribution in [2.45, 2.75) is 12.3 Å². The van der Waals surface area contributed by atoms with Gasteiger partial charge in [0.1, 0.15) is 18.0 Å². The number of nitrogens with zero attached hydrogens (tertiary/aromatic N) is 4. The number of anilines is 1. The number of carbonyl (C=O) groups is 1. The molecule has 1 N–H and O–H groups in total. The molecular formula is C23H23N5O5. The van der Waals surface area contributed by atoms with Gasteiger partial charge >= 0.3 is 0 Å². The summed E-state index contributed by atoms with van der Waals surface area (Å²) >= 11 is 0. The summed E-state index contributed by atoms with van der Waals surface area (Å²) in [7, 11) is 0. The quantitative estimate of drug-likeness (QED) is 0.332. The van der Waals surface area contributed by atoms with Gasteiger partial charge in [0.15, 0.2) is 0 Å². The van der Waals surface area contributed by atoms with E-state index in [1.165, 1.54) is 18.5 Å². The van der Waals surface area contributed by atoms with Crippen LogP contribution >= 0.6 is 0 Å². The van der Waals surface area contributed by atoms with Crippen molar-refractivity contribution in [2.24, 2.45) is 0 Å². The molecule has 10 nitrogen and oxygen atoms in total. The summed E-state index contributed by atoms with van der Waals surface area (Å²) in [5.74, 6) is -0.319. The number of nitro benzene ring substituents is 1. The molecule has 33 heavy (non-hydrogen) atoms. The van der Waals surface area contributed by atoms with Crippen LogP contribution in [0.15, 0.2) is 42.7 Å². The molecule has 2 aliphatic rings. The van der Waals surface area contributed by atoms with Crippen molar-refractivity contribution in [1.82, 2.24) is 14.9 Å². The van der Waals surface area contributed by atoms with Gasteiger partial charge in [-0.25, -0.2) is 9.97 Å². The first-order valence-corrected chi connectivity index (χ1v) is 10.9. The summed E-state index contributed by atoms with van der Waals surface area (Å²) in [6.07, 6.45) is 2.31. The van der Waals surface area contributed by atoms with Crippen LogP contribution in [-0.2, 0) is 9.53 Å². The molecule has 3 aromatic rings. The standard InChI is InChI=1S/C23H23N5O5/c29-23-21(18-12-15(28(30)31)2-5-19(18)26-23)22-17-4-3-16(13-20(17)24-14-25-22)33-9-1-6-27-7-10-32-11-8-27/h2-5,12-14,21H,1,6-11H2,(H,26,29). The van der Waals surface area contributed by atoms with E-state index >= 15 is 0 Å². The molecule has 2 aromatic carbocycles. The van der Waals surface area contributed by atoms with Crippen molar-refractivity contribution >= 4 is 28.2 Å². The smallest absolute Gasteiger partial charge is 0.269 e. The van der Waals surface area contributed by atoms with E-state index in [1.54, 1.807) is 6.07 Å². The summed E-state index contributed by atoms with van der Waals surface area (Å²) in [5.41, 5.74) is 2.19. The normalized spacial score (nSPS) is 18.2. The highest BCUT2D eigenvalue weighted by molar-refractivity contribution is 6.07. The number of ether oxygens (including phenoxy) is 2. The first-order chi connectivity index (χ1) is 16.1. The lowest BCUT2D eigenvalue weighted by atomic mass is 9.94. The van der Waals surface area contributed by atoms with E-state index < -0.39 is 10.8 Å². The molecule has 0 radical (unpaired) electrons. The first-order valence-electron chi connectivity index (χ1n) is 10.9. The van der Waals surface area contributed by atoms with Gasteiger partial charge in [-0.2, -0.15) is 0 Å². The molecule has 2 aliphatic heterocycles. The number of aromatic nitrogens is 2. The van der Waals surface area contributed by atoms with Crippen molar-refractivity contribution in [2.75, 3.05) is 44.8 Å². The summed E-state index contributed by atoms with van der Waals surface area (Å²) < 4.78 is 11.3. The van der Waals surface area contributed by atoms with Gasteiger partial charge in [0.25, 0.3) is 5.69 Å². The first kappa shape index (κ1) is 21.2. The predicted octanol–water partition coefficient (Wildman–Crippen LogP) is 2.72. The average Bonchev–Trinajstić information content (AvgIpc) is 3.16. The lowest BCUT2D eigenvalue weighted by Crippen LogP contribution is -2.37. The number of benzene rings is 2. The number of hydrogen-bond donors (Lipinski definition) is 1. The summed E-state index contributed by atoms with van der Waals surface area (Å²) in [6.45, 7) is 5.02. The highest BCUT2D eigenvalue weighted by Gasteiger charge is 2.35. The Labute approximate surface area is 189 Å². The third kappa shape index (κ3) is 4.35. The molecule has 1 atom stereocenters. The number of non-ortho nitro benzene ring substituents is 1. The SMILES string of the molecule is O=C1Nc2ccc([N+](=O)[O-])cc2C1c1ncnc2cc(OCCCN3CCOCC3)ccc12. The fourth-order valence-corrected chi connectivity index (χ4v) is 4.31. The zero-order chi connectivity index (χ0) is 22.8. The number of rotatable bonds is 7. The molecule has 0 saturated carbocycles. The maximum absolute atomic E-state index is 12.8. The fourth-order valence-electron chi connectivity index (χ4n) is 4.31. The van der Waals surface area contributed by atoms with Gasteiger partial charge in [-0.1, -0.05) is 0 Å². The largest absolute Gasteiger partial charge is 0.493 e. The Hall–Kier alpha value is -3.63. The minimum Gasteiger partial charge on any atom is -0.493 e. The highest BCUT2D eigenvalue weighted by atomic mass is 16.6. The third-order valence-corrected chi connectivity index (χ3v) is 5.98. The molecule has 1 amide bonds. The van der Waals surface area contributed by atoms with Crippen LogP contribution in [-0.4, -0.2) is 65.2 Å². The highest BCUT2D eigenvalue weighted by Crippen LogP contribution is 2.40. The maximum Gasteiger partial charge on any atom is 0.269 e. The van der Waals surface area contributed by atoms with E-state index in [9.17, 15) is 14.9 Å². The number of amides is 1. The van der Waals surface area contributed by atoms with Crippen molar-refractivity contribution < 1.29 is 19.2 Å². The molecule has 10 heteroatoms. The lowest BCUT2D eigenvalue weighted by molar-refractivity contribution is -0.384. The van der Waals surface area contributed by atoms with Gasteiger partial charge in [0, 0.05) is 54.5 Å². The molecule has 1 fully saturated rings. The van der Waals surface area contributed by atoms with E-state index in [2.05, 4.69) is 20.2 Å². The Morgan fingerprint density at radius 1 is 1.18 bits per heavy atom. The number of hydrogen-bond acceptors (Lipinski definition) is 8. The Kier molecular flexibility index (Phi) is 5.84. The minimum absolute atomic E-state index is 0.0682. The van der Waals surface area contributed by atoms with Gasteiger partial charge < -0.3 is 14.8 Å². The molecule has 1 aromatic heterocycles. The maximum atomic E-state index is 12.8. The Bertz CT molecular complexity index is 1210. The molecule has 0 aliphatic carbocycles. The number of morpholine rings is 1. The van der Waals surface area contributed by atoms with Gasteiger partial charge in [-0.05, 0) is 24.6 Å². The van der Waals surface area contributed by atoms with E-state index in [-0.39, 0.29) is 11.6 Å². The van der Waals surface area contributed by atoms with Crippen LogP contribution in [0.5, 0.6) is 5.75 Å². The second-order valence-corrected chi connectivity index (χ2v) is 8.04. The second-order valence-electron chi connectivity index (χ2n) is 8.04. The Morgan fingerprint density at radius 2 is 2.03 bits per heavy atom. The summed E-state index contributed by atoms with van der Waals surface area (Å²) in [6, 6.07) is 9.86. The van der Waals surface area contributed by atoms with Crippen LogP contribution < -0.4 is 10.1 Å². The Balaban J connectivity index is 1.35. The van der Waals surface area contributed by atoms with Crippen LogP contribution in [0, 0.1) is 10.1 Å². The Morgan fingerprint density at radius 3 is 2.85 bits per heavy atom. The van der Waals surface area contributed by atoms with E-state index in [1.807, 2.05) is 18.2 Å². The van der Waals surface area contributed by atoms with Crippen LogP contribution in [0.2, 0.25) is 0 Å². The fraction of sp³-hybridized carbons (Fsp3) is 0.348. The third-order valence-electron chi connectivity index (χ3n) is 5.98. The van der Waals surface area contributed by atoms with Gasteiger partial charge in [-0.3, -0.25) is 19.8 Å². The molecule has 3 heterocycles. The van der Waals surface area contributed by atoms with Gasteiger partial charge in [-0.15, -0.1) is 0 Å². The van der Waals surface area contributed by atoms with E-state index in [0.29, 0.717) is 40.2 Å². The number of nitro groups is 1. The van der Waals surface area contributed by atoms with Crippen molar-refractivity contribution in [3.63, 3.8) is 0 Å². The predicted molar refractivity (Wildman–Crippen MR) is 120 cm³/mol. The molecule has 0 bridgehead atoms.